The van der Waals surface area contributed by atoms with Gasteiger partial charge in [-0.1, -0.05) is 0 Å². The monoisotopic (exact) mass is 306 g/mol. The molecule has 0 unspecified atom stereocenters. The van der Waals surface area contributed by atoms with Gasteiger partial charge >= 0.3 is 0 Å². The number of aromatic nitrogens is 1. The molecule has 5 nitrogen and oxygen atoms in total. The normalized spacial score (nSPS) is 10.2. The molecule has 0 aliphatic carbocycles. The summed E-state index contributed by atoms with van der Waals surface area (Å²) in [5.41, 5.74) is 1.68. The van der Waals surface area contributed by atoms with Crippen LogP contribution in [0, 0.1) is 6.92 Å². The molecule has 0 spiro atoms. The number of ether oxygens (including phenoxy) is 2. The van der Waals surface area contributed by atoms with Crippen LogP contribution in [0.15, 0.2) is 23.6 Å². The zero-order valence-corrected chi connectivity index (χ0v) is 13.1. The van der Waals surface area contributed by atoms with Crippen LogP contribution in [-0.4, -0.2) is 25.1 Å². The van der Waals surface area contributed by atoms with E-state index in [1.54, 1.807) is 43.8 Å². The summed E-state index contributed by atoms with van der Waals surface area (Å²) in [6.07, 6.45) is 1.05. The Balaban J connectivity index is 1.93. The average molecular weight is 306 g/mol. The standard InChI is InChI=1S/C15H18N2O3S/c1-10-9-21-15(16-10)7-6-14(18)17-11-4-5-12(19-2)13(8-11)20-3/h4-5,8-9H,6-7H2,1-3H3,(H,17,18). The quantitative estimate of drug-likeness (QED) is 0.891. The second kappa shape index (κ2) is 7.08. The number of anilines is 1. The smallest absolute Gasteiger partial charge is 0.224 e. The van der Waals surface area contributed by atoms with E-state index in [0.29, 0.717) is 30.0 Å². The van der Waals surface area contributed by atoms with Gasteiger partial charge in [0, 0.05) is 35.7 Å². The average Bonchev–Trinajstić information content (AvgIpc) is 2.90. The maximum absolute atomic E-state index is 11.9. The van der Waals surface area contributed by atoms with E-state index in [9.17, 15) is 4.79 Å². The van der Waals surface area contributed by atoms with E-state index in [-0.39, 0.29) is 5.91 Å². The second-order valence-corrected chi connectivity index (χ2v) is 5.44. The van der Waals surface area contributed by atoms with Crippen molar-refractivity contribution in [2.75, 3.05) is 19.5 Å². The molecule has 0 aliphatic rings. The molecule has 6 heteroatoms. The number of thiazole rings is 1. The Morgan fingerprint density at radius 1 is 1.29 bits per heavy atom. The topological polar surface area (TPSA) is 60.5 Å². The van der Waals surface area contributed by atoms with Crippen molar-refractivity contribution in [3.05, 3.63) is 34.3 Å². The number of carbonyl (C=O) groups is 1. The Morgan fingerprint density at radius 2 is 2.05 bits per heavy atom. The molecule has 0 saturated carbocycles. The van der Waals surface area contributed by atoms with Crippen molar-refractivity contribution in [3.63, 3.8) is 0 Å². The highest BCUT2D eigenvalue weighted by atomic mass is 32.1. The Kier molecular flexibility index (Phi) is 5.16. The molecule has 112 valence electrons. The van der Waals surface area contributed by atoms with Crippen LogP contribution in [0.1, 0.15) is 17.1 Å². The number of nitrogens with zero attached hydrogens (tertiary/aromatic N) is 1. The maximum Gasteiger partial charge on any atom is 0.224 e. The lowest BCUT2D eigenvalue weighted by atomic mass is 10.2. The van der Waals surface area contributed by atoms with Crippen LogP contribution in [-0.2, 0) is 11.2 Å². The van der Waals surface area contributed by atoms with Crippen molar-refractivity contribution in [3.8, 4) is 11.5 Å². The molecular formula is C15H18N2O3S. The summed E-state index contributed by atoms with van der Waals surface area (Å²) < 4.78 is 10.4. The summed E-state index contributed by atoms with van der Waals surface area (Å²) in [6.45, 7) is 1.95. The highest BCUT2D eigenvalue weighted by molar-refractivity contribution is 7.09. The molecule has 1 aromatic heterocycles. The third kappa shape index (κ3) is 4.19. The fourth-order valence-corrected chi connectivity index (χ4v) is 2.65. The van der Waals surface area contributed by atoms with Gasteiger partial charge in [-0.05, 0) is 19.1 Å². The number of rotatable bonds is 6. The SMILES string of the molecule is COc1ccc(NC(=O)CCc2nc(C)cs2)cc1OC. The van der Waals surface area contributed by atoms with E-state index in [1.807, 2.05) is 12.3 Å². The number of aryl methyl sites for hydroxylation is 2. The largest absolute Gasteiger partial charge is 0.493 e. The first-order chi connectivity index (χ1) is 10.1. The van der Waals surface area contributed by atoms with Crippen LogP contribution in [0.4, 0.5) is 5.69 Å². The number of nitrogens with one attached hydrogen (secondary N) is 1. The van der Waals surface area contributed by atoms with Crippen molar-refractivity contribution in [1.29, 1.82) is 0 Å². The molecule has 2 aromatic rings. The molecule has 1 N–H and O–H groups in total. The van der Waals surface area contributed by atoms with Gasteiger partial charge in [0.1, 0.15) is 0 Å². The van der Waals surface area contributed by atoms with E-state index < -0.39 is 0 Å². The Bertz CT molecular complexity index is 625. The van der Waals surface area contributed by atoms with Gasteiger partial charge in [0.15, 0.2) is 11.5 Å². The first-order valence-electron chi connectivity index (χ1n) is 6.55. The maximum atomic E-state index is 11.9. The molecule has 0 atom stereocenters. The van der Waals surface area contributed by atoms with E-state index in [1.165, 1.54) is 0 Å². The predicted octanol–water partition coefficient (Wildman–Crippen LogP) is 3.04. The van der Waals surface area contributed by atoms with Gasteiger partial charge in [0.05, 0.1) is 19.2 Å². The Morgan fingerprint density at radius 3 is 2.67 bits per heavy atom. The van der Waals surface area contributed by atoms with Crippen molar-refractivity contribution < 1.29 is 14.3 Å². The molecule has 1 heterocycles. The fourth-order valence-electron chi connectivity index (χ4n) is 1.88. The van der Waals surface area contributed by atoms with E-state index in [2.05, 4.69) is 10.3 Å². The minimum Gasteiger partial charge on any atom is -0.493 e. The Labute approximate surface area is 127 Å². The van der Waals surface area contributed by atoms with Crippen molar-refractivity contribution >= 4 is 22.9 Å². The molecule has 21 heavy (non-hydrogen) atoms. The molecule has 1 aromatic carbocycles. The fraction of sp³-hybridized carbons (Fsp3) is 0.333. The van der Waals surface area contributed by atoms with Crippen LogP contribution >= 0.6 is 11.3 Å². The Hall–Kier alpha value is -2.08. The molecular weight excluding hydrogens is 288 g/mol. The molecule has 0 radical (unpaired) electrons. The molecule has 0 saturated heterocycles. The lowest BCUT2D eigenvalue weighted by Crippen LogP contribution is -2.12. The minimum atomic E-state index is -0.0462. The van der Waals surface area contributed by atoms with Crippen molar-refractivity contribution in [2.45, 2.75) is 19.8 Å². The number of hydrogen-bond acceptors (Lipinski definition) is 5. The summed E-state index contributed by atoms with van der Waals surface area (Å²) in [5.74, 6) is 1.18. The number of carbonyl (C=O) groups excluding carboxylic acids is 1. The summed E-state index contributed by atoms with van der Waals surface area (Å²) in [5, 5.41) is 5.82. The van der Waals surface area contributed by atoms with Gasteiger partial charge in [-0.15, -0.1) is 11.3 Å². The zero-order chi connectivity index (χ0) is 15.2. The predicted molar refractivity (Wildman–Crippen MR) is 83.3 cm³/mol. The molecule has 1 amide bonds. The van der Waals surface area contributed by atoms with Gasteiger partial charge in [-0.3, -0.25) is 4.79 Å². The summed E-state index contributed by atoms with van der Waals surface area (Å²) >= 11 is 1.58. The lowest BCUT2D eigenvalue weighted by Gasteiger charge is -2.10. The number of amides is 1. The van der Waals surface area contributed by atoms with Crippen LogP contribution in [0.25, 0.3) is 0 Å². The summed E-state index contributed by atoms with van der Waals surface area (Å²) in [4.78, 5) is 16.3. The first-order valence-corrected chi connectivity index (χ1v) is 7.43. The summed E-state index contributed by atoms with van der Waals surface area (Å²) in [7, 11) is 3.14. The molecule has 0 fully saturated rings. The first kappa shape index (κ1) is 15.3. The van der Waals surface area contributed by atoms with Gasteiger partial charge in [-0.2, -0.15) is 0 Å². The van der Waals surface area contributed by atoms with Crippen LogP contribution in [0.3, 0.4) is 0 Å². The minimum absolute atomic E-state index is 0.0462. The third-order valence-electron chi connectivity index (χ3n) is 2.90. The van der Waals surface area contributed by atoms with E-state index >= 15 is 0 Å². The number of methoxy groups -OCH3 is 2. The van der Waals surface area contributed by atoms with Crippen molar-refractivity contribution in [1.82, 2.24) is 4.98 Å². The number of benzene rings is 1. The van der Waals surface area contributed by atoms with Gasteiger partial charge in [0.25, 0.3) is 0 Å². The van der Waals surface area contributed by atoms with E-state index in [0.717, 1.165) is 10.7 Å². The lowest BCUT2D eigenvalue weighted by molar-refractivity contribution is -0.116. The van der Waals surface area contributed by atoms with Crippen molar-refractivity contribution in [2.24, 2.45) is 0 Å². The molecule has 0 bridgehead atoms. The zero-order valence-electron chi connectivity index (χ0n) is 12.3. The van der Waals surface area contributed by atoms with Crippen LogP contribution in [0.2, 0.25) is 0 Å². The molecule has 2 rings (SSSR count). The highest BCUT2D eigenvalue weighted by Gasteiger charge is 2.08. The van der Waals surface area contributed by atoms with Gasteiger partial charge < -0.3 is 14.8 Å². The highest BCUT2D eigenvalue weighted by Crippen LogP contribution is 2.29. The second-order valence-electron chi connectivity index (χ2n) is 4.50. The molecule has 0 aliphatic heterocycles. The van der Waals surface area contributed by atoms with Crippen LogP contribution < -0.4 is 14.8 Å². The summed E-state index contributed by atoms with van der Waals surface area (Å²) in [6, 6.07) is 5.29. The third-order valence-corrected chi connectivity index (χ3v) is 3.93. The number of hydrogen-bond donors (Lipinski definition) is 1. The van der Waals surface area contributed by atoms with Crippen LogP contribution in [0.5, 0.6) is 11.5 Å². The van der Waals surface area contributed by atoms with Gasteiger partial charge in [-0.25, -0.2) is 4.98 Å². The van der Waals surface area contributed by atoms with E-state index in [4.69, 9.17) is 9.47 Å². The van der Waals surface area contributed by atoms with Gasteiger partial charge in [0.2, 0.25) is 5.91 Å².